The maximum Gasteiger partial charge on any atom is 0.261 e. The van der Waals surface area contributed by atoms with Crippen molar-refractivity contribution in [2.75, 3.05) is 13.2 Å². The highest BCUT2D eigenvalue weighted by Gasteiger charge is 2.28. The maximum atomic E-state index is 12.7. The number of ether oxygens (including phenoxy) is 1. The third-order valence-corrected chi connectivity index (χ3v) is 5.69. The number of hydrogen-bond acceptors (Lipinski definition) is 3. The molecule has 1 aliphatic rings. The molecule has 1 amide bonds. The van der Waals surface area contributed by atoms with Gasteiger partial charge >= 0.3 is 0 Å². The third-order valence-electron chi connectivity index (χ3n) is 4.70. The molecule has 3 aromatic rings. The molecule has 0 saturated carbocycles. The Hall–Kier alpha value is -2.33. The normalized spacial score (nSPS) is 16.9. The number of hydrogen-bond donors (Lipinski definition) is 0. The average Bonchev–Trinajstić information content (AvgIpc) is 3.09. The molecule has 3 nitrogen and oxygen atoms in total. The summed E-state index contributed by atoms with van der Waals surface area (Å²) in [4.78, 5) is 16.0. The standard InChI is InChI=1S/C20H19NO2S/c1-14-16-10-12-24-19(16)9-11-21(14)20(22)13-23-18-8-4-6-15-5-2-3-7-17(15)18/h2-8,10,12,14H,9,11,13H2,1H3/t14-/m1/s1. The topological polar surface area (TPSA) is 29.5 Å². The molecule has 2 aromatic carbocycles. The Morgan fingerprint density at radius 2 is 2.04 bits per heavy atom. The zero-order chi connectivity index (χ0) is 16.5. The summed E-state index contributed by atoms with van der Waals surface area (Å²) in [5, 5.41) is 4.28. The zero-order valence-electron chi connectivity index (χ0n) is 13.6. The highest BCUT2D eigenvalue weighted by atomic mass is 32.1. The van der Waals surface area contributed by atoms with Gasteiger partial charge < -0.3 is 9.64 Å². The fraction of sp³-hybridized carbons (Fsp3) is 0.250. The monoisotopic (exact) mass is 337 g/mol. The summed E-state index contributed by atoms with van der Waals surface area (Å²) in [7, 11) is 0. The predicted octanol–water partition coefficient (Wildman–Crippen LogP) is 4.43. The molecule has 0 N–H and O–H groups in total. The van der Waals surface area contributed by atoms with E-state index in [1.807, 2.05) is 35.2 Å². The van der Waals surface area contributed by atoms with Gasteiger partial charge in [0.25, 0.3) is 5.91 Å². The molecule has 0 saturated heterocycles. The van der Waals surface area contributed by atoms with Gasteiger partial charge in [0.2, 0.25) is 0 Å². The highest BCUT2D eigenvalue weighted by Crippen LogP contribution is 2.33. The Kier molecular flexibility index (Phi) is 3.98. The number of carbonyl (C=O) groups is 1. The first-order valence-corrected chi connectivity index (χ1v) is 9.08. The van der Waals surface area contributed by atoms with E-state index in [2.05, 4.69) is 30.5 Å². The van der Waals surface area contributed by atoms with Gasteiger partial charge in [0.05, 0.1) is 6.04 Å². The second kappa shape index (κ2) is 6.29. The van der Waals surface area contributed by atoms with Crippen LogP contribution in [0, 0.1) is 0 Å². The lowest BCUT2D eigenvalue weighted by Crippen LogP contribution is -2.40. The third kappa shape index (κ3) is 2.67. The molecular formula is C20H19NO2S. The quantitative estimate of drug-likeness (QED) is 0.708. The zero-order valence-corrected chi connectivity index (χ0v) is 14.4. The molecule has 4 heteroatoms. The molecule has 122 valence electrons. The first-order valence-electron chi connectivity index (χ1n) is 8.20. The fourth-order valence-electron chi connectivity index (χ4n) is 3.39. The first kappa shape index (κ1) is 15.2. The number of amides is 1. The minimum Gasteiger partial charge on any atom is -0.483 e. The van der Waals surface area contributed by atoms with Gasteiger partial charge in [-0.2, -0.15) is 0 Å². The van der Waals surface area contributed by atoms with Crippen LogP contribution in [-0.4, -0.2) is 24.0 Å². The van der Waals surface area contributed by atoms with E-state index in [9.17, 15) is 4.79 Å². The summed E-state index contributed by atoms with van der Waals surface area (Å²) in [5.74, 6) is 0.814. The number of nitrogens with zero attached hydrogens (tertiary/aromatic N) is 1. The summed E-state index contributed by atoms with van der Waals surface area (Å²) in [6, 6.07) is 16.3. The van der Waals surface area contributed by atoms with Crippen molar-refractivity contribution in [3.8, 4) is 5.75 Å². The summed E-state index contributed by atoms with van der Waals surface area (Å²) >= 11 is 1.79. The molecule has 0 unspecified atom stereocenters. The summed E-state index contributed by atoms with van der Waals surface area (Å²) in [6.07, 6.45) is 0.942. The second-order valence-corrected chi connectivity index (χ2v) is 7.08. The maximum absolute atomic E-state index is 12.7. The van der Waals surface area contributed by atoms with E-state index in [1.54, 1.807) is 11.3 Å². The number of fused-ring (bicyclic) bond motifs is 2. The molecule has 0 radical (unpaired) electrons. The Bertz CT molecular complexity index is 881. The highest BCUT2D eigenvalue weighted by molar-refractivity contribution is 7.10. The van der Waals surface area contributed by atoms with Gasteiger partial charge in [-0.3, -0.25) is 4.79 Å². The van der Waals surface area contributed by atoms with Gasteiger partial charge in [0.1, 0.15) is 5.75 Å². The minimum absolute atomic E-state index is 0.0484. The van der Waals surface area contributed by atoms with Crippen molar-refractivity contribution in [2.24, 2.45) is 0 Å². The van der Waals surface area contributed by atoms with Crippen molar-refractivity contribution in [3.05, 3.63) is 64.4 Å². The van der Waals surface area contributed by atoms with Crippen molar-refractivity contribution < 1.29 is 9.53 Å². The van der Waals surface area contributed by atoms with E-state index < -0.39 is 0 Å². The summed E-state index contributed by atoms with van der Waals surface area (Å²) < 4.78 is 5.86. The first-order chi connectivity index (χ1) is 11.7. The fourth-order valence-corrected chi connectivity index (χ4v) is 4.36. The molecule has 4 rings (SSSR count). The smallest absolute Gasteiger partial charge is 0.261 e. The van der Waals surface area contributed by atoms with Gasteiger partial charge in [-0.15, -0.1) is 11.3 Å². The van der Waals surface area contributed by atoms with E-state index in [0.717, 1.165) is 29.5 Å². The van der Waals surface area contributed by atoms with Gasteiger partial charge in [0, 0.05) is 16.8 Å². The van der Waals surface area contributed by atoms with Crippen LogP contribution >= 0.6 is 11.3 Å². The number of thiophene rings is 1. The van der Waals surface area contributed by atoms with Crippen LogP contribution < -0.4 is 4.74 Å². The van der Waals surface area contributed by atoms with E-state index >= 15 is 0 Å². The van der Waals surface area contributed by atoms with Crippen LogP contribution in [0.5, 0.6) is 5.75 Å². The van der Waals surface area contributed by atoms with Crippen molar-refractivity contribution in [3.63, 3.8) is 0 Å². The number of carbonyl (C=O) groups excluding carboxylic acids is 1. The van der Waals surface area contributed by atoms with E-state index in [0.29, 0.717) is 0 Å². The molecule has 1 aromatic heterocycles. The Balaban J connectivity index is 1.49. The predicted molar refractivity (Wildman–Crippen MR) is 97.6 cm³/mol. The van der Waals surface area contributed by atoms with Crippen LogP contribution in [0.2, 0.25) is 0 Å². The van der Waals surface area contributed by atoms with Crippen molar-refractivity contribution >= 4 is 28.0 Å². The molecule has 24 heavy (non-hydrogen) atoms. The largest absolute Gasteiger partial charge is 0.483 e. The number of rotatable bonds is 3. The Labute approximate surface area is 145 Å². The molecule has 0 fully saturated rings. The van der Waals surface area contributed by atoms with Crippen LogP contribution in [0.15, 0.2) is 53.9 Å². The van der Waals surface area contributed by atoms with Crippen molar-refractivity contribution in [1.29, 1.82) is 0 Å². The molecule has 0 spiro atoms. The van der Waals surface area contributed by atoms with Gasteiger partial charge in [-0.05, 0) is 41.8 Å². The second-order valence-electron chi connectivity index (χ2n) is 6.08. The summed E-state index contributed by atoms with van der Waals surface area (Å²) in [6.45, 7) is 2.95. The van der Waals surface area contributed by atoms with Crippen LogP contribution in [0.25, 0.3) is 10.8 Å². The van der Waals surface area contributed by atoms with Crippen LogP contribution in [0.3, 0.4) is 0 Å². The lowest BCUT2D eigenvalue weighted by Gasteiger charge is -2.33. The van der Waals surface area contributed by atoms with Crippen LogP contribution in [-0.2, 0) is 11.2 Å². The molecule has 2 heterocycles. The van der Waals surface area contributed by atoms with Gasteiger partial charge in [-0.1, -0.05) is 36.4 Å². The van der Waals surface area contributed by atoms with Crippen molar-refractivity contribution in [2.45, 2.75) is 19.4 Å². The van der Waals surface area contributed by atoms with E-state index in [4.69, 9.17) is 4.74 Å². The molecule has 0 bridgehead atoms. The summed E-state index contributed by atoms with van der Waals surface area (Å²) in [5.41, 5.74) is 1.28. The number of benzene rings is 2. The van der Waals surface area contributed by atoms with E-state index in [1.165, 1.54) is 10.4 Å². The van der Waals surface area contributed by atoms with Gasteiger partial charge in [0.15, 0.2) is 6.61 Å². The lowest BCUT2D eigenvalue weighted by molar-refractivity contribution is -0.135. The Morgan fingerprint density at radius 3 is 2.96 bits per heavy atom. The van der Waals surface area contributed by atoms with Crippen LogP contribution in [0.1, 0.15) is 23.4 Å². The minimum atomic E-state index is 0.0484. The molecular weight excluding hydrogens is 318 g/mol. The molecule has 0 aliphatic carbocycles. The van der Waals surface area contributed by atoms with Crippen molar-refractivity contribution in [1.82, 2.24) is 4.90 Å². The molecule has 1 aliphatic heterocycles. The SMILES string of the molecule is C[C@@H]1c2ccsc2CCN1C(=O)COc1cccc2ccccc12. The lowest BCUT2D eigenvalue weighted by atomic mass is 10.0. The molecule has 1 atom stereocenters. The average molecular weight is 337 g/mol. The van der Waals surface area contributed by atoms with Crippen LogP contribution in [0.4, 0.5) is 0 Å². The van der Waals surface area contributed by atoms with Gasteiger partial charge in [-0.25, -0.2) is 0 Å². The van der Waals surface area contributed by atoms with E-state index in [-0.39, 0.29) is 18.6 Å². The Morgan fingerprint density at radius 1 is 1.21 bits per heavy atom.